The molecule has 1 amide bonds. The predicted octanol–water partition coefficient (Wildman–Crippen LogP) is 2.33. The van der Waals surface area contributed by atoms with Gasteiger partial charge in [0.2, 0.25) is 11.8 Å². The van der Waals surface area contributed by atoms with Crippen LogP contribution in [0.2, 0.25) is 0 Å². The van der Waals surface area contributed by atoms with Crippen LogP contribution in [-0.4, -0.2) is 23.0 Å². The summed E-state index contributed by atoms with van der Waals surface area (Å²) in [6.07, 6.45) is 5.23. The summed E-state index contributed by atoms with van der Waals surface area (Å²) in [5.74, 6) is 0.786. The zero-order valence-corrected chi connectivity index (χ0v) is 12.2. The van der Waals surface area contributed by atoms with Crippen LogP contribution in [0.3, 0.4) is 0 Å². The van der Waals surface area contributed by atoms with Crippen LogP contribution < -0.4 is 15.8 Å². The second-order valence-electron chi connectivity index (χ2n) is 5.60. The minimum absolute atomic E-state index is 0.141. The van der Waals surface area contributed by atoms with E-state index in [1.165, 1.54) is 0 Å². The molecule has 2 rings (SSSR count). The molecule has 1 saturated carbocycles. The molecule has 110 valence electrons. The van der Waals surface area contributed by atoms with Crippen molar-refractivity contribution in [2.45, 2.75) is 45.1 Å². The molecule has 1 heterocycles. The van der Waals surface area contributed by atoms with Gasteiger partial charge in [-0.1, -0.05) is 19.8 Å². The monoisotopic (exact) mass is 277 g/mol. The first-order valence-electron chi connectivity index (χ1n) is 7.23. The molecule has 1 aromatic heterocycles. The Morgan fingerprint density at radius 3 is 3.15 bits per heavy atom. The summed E-state index contributed by atoms with van der Waals surface area (Å²) in [6, 6.07) is 3.55. The number of anilines is 1. The van der Waals surface area contributed by atoms with Gasteiger partial charge >= 0.3 is 0 Å². The summed E-state index contributed by atoms with van der Waals surface area (Å²) in [6.45, 7) is 4.53. The lowest BCUT2D eigenvalue weighted by Gasteiger charge is -2.35. The Morgan fingerprint density at radius 1 is 1.65 bits per heavy atom. The van der Waals surface area contributed by atoms with Crippen molar-refractivity contribution < 1.29 is 9.53 Å². The van der Waals surface area contributed by atoms with Crippen LogP contribution in [0.1, 0.15) is 39.5 Å². The number of hydrogen-bond donors (Lipinski definition) is 2. The molecular weight excluding hydrogens is 254 g/mol. The summed E-state index contributed by atoms with van der Waals surface area (Å²) >= 11 is 0. The number of pyridine rings is 1. The largest absolute Gasteiger partial charge is 0.476 e. The second-order valence-corrected chi connectivity index (χ2v) is 5.60. The molecule has 0 radical (unpaired) electrons. The highest BCUT2D eigenvalue weighted by Crippen LogP contribution is 2.32. The summed E-state index contributed by atoms with van der Waals surface area (Å²) in [4.78, 5) is 16.6. The van der Waals surface area contributed by atoms with E-state index in [0.717, 1.165) is 25.7 Å². The van der Waals surface area contributed by atoms with Gasteiger partial charge in [0.05, 0.1) is 12.1 Å². The molecule has 1 aliphatic carbocycles. The van der Waals surface area contributed by atoms with Crippen molar-refractivity contribution in [2.24, 2.45) is 11.7 Å². The first-order valence-corrected chi connectivity index (χ1v) is 7.23. The third kappa shape index (κ3) is 3.28. The average molecular weight is 277 g/mol. The normalized spacial score (nSPS) is 26.1. The van der Waals surface area contributed by atoms with Crippen LogP contribution in [0.25, 0.3) is 0 Å². The number of carbonyl (C=O) groups is 1. The molecule has 5 heteroatoms. The van der Waals surface area contributed by atoms with Gasteiger partial charge < -0.3 is 15.8 Å². The average Bonchev–Trinajstić information content (AvgIpc) is 2.41. The number of carbonyl (C=O) groups excluding carboxylic acids is 1. The quantitative estimate of drug-likeness (QED) is 0.885. The highest BCUT2D eigenvalue weighted by molar-refractivity contribution is 5.98. The molecule has 1 aliphatic rings. The van der Waals surface area contributed by atoms with E-state index in [2.05, 4.69) is 17.2 Å². The summed E-state index contributed by atoms with van der Waals surface area (Å²) in [5, 5.41) is 2.87. The van der Waals surface area contributed by atoms with Crippen LogP contribution in [0.5, 0.6) is 5.88 Å². The molecule has 2 unspecified atom stereocenters. The first kappa shape index (κ1) is 14.8. The number of nitrogens with two attached hydrogens (primary N) is 1. The molecule has 0 bridgehead atoms. The SMILES string of the molecule is CCOc1ncccc1NC(=O)C1(N)CCCC(C)C1. The van der Waals surface area contributed by atoms with Crippen LogP contribution in [-0.2, 0) is 4.79 Å². The molecule has 0 aromatic carbocycles. The highest BCUT2D eigenvalue weighted by atomic mass is 16.5. The fraction of sp³-hybridized carbons (Fsp3) is 0.600. The second kappa shape index (κ2) is 6.22. The third-order valence-electron chi connectivity index (χ3n) is 3.79. The van der Waals surface area contributed by atoms with Gasteiger partial charge in [-0.3, -0.25) is 4.79 Å². The Kier molecular flexibility index (Phi) is 4.60. The van der Waals surface area contributed by atoms with Crippen LogP contribution in [0, 0.1) is 5.92 Å². The molecule has 1 aromatic rings. The third-order valence-corrected chi connectivity index (χ3v) is 3.79. The molecule has 0 aliphatic heterocycles. The molecular formula is C15H23N3O2. The van der Waals surface area contributed by atoms with Gasteiger partial charge in [0.25, 0.3) is 0 Å². The van der Waals surface area contributed by atoms with E-state index in [9.17, 15) is 4.79 Å². The van der Waals surface area contributed by atoms with Crippen molar-refractivity contribution in [1.82, 2.24) is 4.98 Å². The van der Waals surface area contributed by atoms with Crippen molar-refractivity contribution >= 4 is 11.6 Å². The maximum atomic E-state index is 12.5. The zero-order valence-electron chi connectivity index (χ0n) is 12.2. The number of aromatic nitrogens is 1. The lowest BCUT2D eigenvalue weighted by Crippen LogP contribution is -2.53. The molecule has 5 nitrogen and oxygen atoms in total. The van der Waals surface area contributed by atoms with Gasteiger partial charge in [-0.15, -0.1) is 0 Å². The van der Waals surface area contributed by atoms with Gasteiger partial charge in [-0.25, -0.2) is 4.98 Å². The Balaban J connectivity index is 2.11. The standard InChI is InChI=1S/C15H23N3O2/c1-3-20-13-12(7-5-9-17-13)18-14(19)15(16)8-4-6-11(2)10-15/h5,7,9,11H,3-4,6,8,10,16H2,1-2H3,(H,18,19). The van der Waals surface area contributed by atoms with Crippen molar-refractivity contribution in [3.63, 3.8) is 0 Å². The Hall–Kier alpha value is -1.62. The lowest BCUT2D eigenvalue weighted by molar-refractivity contribution is -0.122. The van der Waals surface area contributed by atoms with E-state index in [-0.39, 0.29) is 5.91 Å². The Bertz CT molecular complexity index is 478. The number of hydrogen-bond acceptors (Lipinski definition) is 4. The van der Waals surface area contributed by atoms with Crippen molar-refractivity contribution in [3.8, 4) is 5.88 Å². The number of nitrogens with zero attached hydrogens (tertiary/aromatic N) is 1. The molecule has 0 saturated heterocycles. The van der Waals surface area contributed by atoms with Gasteiger partial charge in [0.15, 0.2) is 0 Å². The predicted molar refractivity (Wildman–Crippen MR) is 78.6 cm³/mol. The van der Waals surface area contributed by atoms with Crippen molar-refractivity contribution in [1.29, 1.82) is 0 Å². The highest BCUT2D eigenvalue weighted by Gasteiger charge is 2.38. The first-order chi connectivity index (χ1) is 9.55. The van der Waals surface area contributed by atoms with Gasteiger partial charge in [0.1, 0.15) is 5.69 Å². The molecule has 1 fully saturated rings. The molecule has 20 heavy (non-hydrogen) atoms. The summed E-state index contributed by atoms with van der Waals surface area (Å²) in [7, 11) is 0. The maximum Gasteiger partial charge on any atom is 0.244 e. The van der Waals surface area contributed by atoms with E-state index in [0.29, 0.717) is 24.1 Å². The fourth-order valence-electron chi connectivity index (χ4n) is 2.78. The number of nitrogens with one attached hydrogen (secondary N) is 1. The molecule has 3 N–H and O–H groups in total. The van der Waals surface area contributed by atoms with Crippen LogP contribution in [0.4, 0.5) is 5.69 Å². The van der Waals surface area contributed by atoms with E-state index in [1.807, 2.05) is 6.92 Å². The van der Waals surface area contributed by atoms with Crippen molar-refractivity contribution in [2.75, 3.05) is 11.9 Å². The van der Waals surface area contributed by atoms with Gasteiger partial charge in [0, 0.05) is 6.20 Å². The smallest absolute Gasteiger partial charge is 0.244 e. The number of ether oxygens (including phenoxy) is 1. The fourth-order valence-corrected chi connectivity index (χ4v) is 2.78. The lowest BCUT2D eigenvalue weighted by atomic mass is 9.76. The zero-order chi connectivity index (χ0) is 14.6. The number of rotatable bonds is 4. The minimum Gasteiger partial charge on any atom is -0.476 e. The summed E-state index contributed by atoms with van der Waals surface area (Å²) in [5.41, 5.74) is 6.10. The van der Waals surface area contributed by atoms with Crippen LogP contribution in [0.15, 0.2) is 18.3 Å². The Labute approximate surface area is 119 Å². The summed E-state index contributed by atoms with van der Waals surface area (Å²) < 4.78 is 5.41. The van der Waals surface area contributed by atoms with E-state index in [4.69, 9.17) is 10.5 Å². The number of amides is 1. The molecule has 2 atom stereocenters. The minimum atomic E-state index is -0.781. The maximum absolute atomic E-state index is 12.5. The van der Waals surface area contributed by atoms with Crippen LogP contribution >= 0.6 is 0 Å². The van der Waals surface area contributed by atoms with E-state index >= 15 is 0 Å². The van der Waals surface area contributed by atoms with Gasteiger partial charge in [-0.05, 0) is 37.8 Å². The van der Waals surface area contributed by atoms with Gasteiger partial charge in [-0.2, -0.15) is 0 Å². The molecule has 0 spiro atoms. The van der Waals surface area contributed by atoms with E-state index in [1.54, 1.807) is 18.3 Å². The Morgan fingerprint density at radius 2 is 2.45 bits per heavy atom. The van der Waals surface area contributed by atoms with E-state index < -0.39 is 5.54 Å². The topological polar surface area (TPSA) is 77.2 Å². The van der Waals surface area contributed by atoms with Crippen molar-refractivity contribution in [3.05, 3.63) is 18.3 Å².